The summed E-state index contributed by atoms with van der Waals surface area (Å²) in [5.41, 5.74) is 31.0. The third-order valence-corrected chi connectivity index (χ3v) is 24.3. The standard InChI is InChI=1S/C91H50B4N6O6/c1-5-25-50(26-6-1)98-66-43-23-17-37-60(66)74-85-81-78-70(104-92(85)98)45-54(96-62-39-19-13-33-56(62)57-34-14-20-40-63(57)96)47-72(78)106-94-87(81)83-76-68(100(94)52-29-9-3-10-30-52)49-69-77-80(76)91(102-89(74)83)103-90-75-61-38-18-24-44-67(61)99(51-27-7-2-8-28-51)93-86(75)82-79-71(105-93)46-55(97-64-41-21-15-35-58(64)59-36-16-22-42-65(59)97)48-73(79)107-95(88(82)84(77)90)101(69)53-31-11-4-12-32-53/h1-49,91H. The van der Waals surface area contributed by atoms with Gasteiger partial charge in [-0.3, -0.25) is 0 Å². The van der Waals surface area contributed by atoms with Crippen LogP contribution in [-0.4, -0.2) is 37.3 Å². The summed E-state index contributed by atoms with van der Waals surface area (Å²) in [5, 5.41) is 4.67. The van der Waals surface area contributed by atoms with E-state index in [4.69, 9.17) is 28.1 Å². The van der Waals surface area contributed by atoms with Crippen LogP contribution in [0.4, 0.5) is 45.5 Å². The Morgan fingerprint density at radius 1 is 0.234 bits per heavy atom. The first-order valence-electron chi connectivity index (χ1n) is 36.7. The van der Waals surface area contributed by atoms with Crippen LogP contribution in [0.3, 0.4) is 0 Å². The first-order valence-corrected chi connectivity index (χ1v) is 36.7. The molecular formula is C91H50B4N6O6. The molecule has 0 fully saturated rings. The zero-order valence-corrected chi connectivity index (χ0v) is 56.8. The average Bonchev–Trinajstić information content (AvgIpc) is 0.962. The number of aromatic nitrogens is 2. The highest BCUT2D eigenvalue weighted by Crippen LogP contribution is 2.68. The van der Waals surface area contributed by atoms with Gasteiger partial charge in [-0.15, -0.1) is 0 Å². The lowest BCUT2D eigenvalue weighted by Crippen LogP contribution is -2.64. The number of nitrogens with zero attached hydrogens (tertiary/aromatic N) is 6. The zero-order valence-electron chi connectivity index (χ0n) is 56.8. The first-order chi connectivity index (χ1) is 53.1. The van der Waals surface area contributed by atoms with Crippen molar-refractivity contribution in [2.45, 2.75) is 6.29 Å². The molecule has 12 heterocycles. The summed E-state index contributed by atoms with van der Waals surface area (Å²) in [6.45, 7) is 0. The topological polar surface area (TPSA) is 78.2 Å². The van der Waals surface area contributed by atoms with Crippen molar-refractivity contribution < 1.29 is 28.1 Å². The van der Waals surface area contributed by atoms with Gasteiger partial charge in [0.15, 0.2) is 0 Å². The third-order valence-electron chi connectivity index (χ3n) is 24.3. The second kappa shape index (κ2) is 19.7. The number of hydrogen-bond acceptors (Lipinski definition) is 10. The molecule has 0 N–H and O–H groups in total. The Kier molecular flexibility index (Phi) is 10.3. The van der Waals surface area contributed by atoms with Crippen molar-refractivity contribution in [3.05, 3.63) is 303 Å². The zero-order chi connectivity index (χ0) is 68.9. The van der Waals surface area contributed by atoms with Crippen LogP contribution < -0.4 is 69.2 Å². The van der Waals surface area contributed by atoms with Crippen molar-refractivity contribution in [1.29, 1.82) is 0 Å². The third kappa shape index (κ3) is 6.79. The highest BCUT2D eigenvalue weighted by atomic mass is 16.7. The van der Waals surface area contributed by atoms with E-state index in [9.17, 15) is 0 Å². The normalized spacial score (nSPS) is 15.0. The van der Waals surface area contributed by atoms with Gasteiger partial charge < -0.3 is 56.5 Å². The Labute approximate surface area is 613 Å². The van der Waals surface area contributed by atoms with Crippen LogP contribution >= 0.6 is 0 Å². The van der Waals surface area contributed by atoms with E-state index in [0.29, 0.717) is 0 Å². The van der Waals surface area contributed by atoms with Gasteiger partial charge in [-0.25, -0.2) is 0 Å². The van der Waals surface area contributed by atoms with E-state index < -0.39 is 34.5 Å². The van der Waals surface area contributed by atoms with Crippen molar-refractivity contribution >= 4 is 139 Å². The van der Waals surface area contributed by atoms with E-state index in [1.54, 1.807) is 0 Å². The molecule has 0 saturated heterocycles. The van der Waals surface area contributed by atoms with Gasteiger partial charge >= 0.3 is 28.2 Å². The summed E-state index contributed by atoms with van der Waals surface area (Å²) < 4.78 is 53.3. The number of para-hydroxylation sites is 10. The molecule has 107 heavy (non-hydrogen) atoms. The number of benzene rings is 15. The second-order valence-electron chi connectivity index (χ2n) is 29.3. The molecule has 2 aromatic heterocycles. The van der Waals surface area contributed by atoms with E-state index in [2.05, 4.69) is 326 Å². The molecule has 16 heteroatoms. The summed E-state index contributed by atoms with van der Waals surface area (Å²) in [7, 11) is -2.83. The van der Waals surface area contributed by atoms with Crippen molar-refractivity contribution in [1.82, 2.24) is 9.13 Å². The van der Waals surface area contributed by atoms with Gasteiger partial charge in [0.05, 0.1) is 50.1 Å². The van der Waals surface area contributed by atoms with Crippen LogP contribution in [0.25, 0.3) is 122 Å². The fourth-order valence-corrected chi connectivity index (χ4v) is 20.4. The van der Waals surface area contributed by atoms with Gasteiger partial charge in [0.1, 0.15) is 34.5 Å². The molecule has 0 bridgehead atoms. The van der Waals surface area contributed by atoms with Crippen LogP contribution in [-0.2, 0) is 0 Å². The number of fused-ring (bicyclic) bond motifs is 12. The second-order valence-corrected chi connectivity index (χ2v) is 29.3. The molecule has 0 aliphatic carbocycles. The molecule has 10 aliphatic rings. The summed E-state index contributed by atoms with van der Waals surface area (Å²) in [4.78, 5) is 9.68. The highest BCUT2D eigenvalue weighted by molar-refractivity contribution is 6.85. The van der Waals surface area contributed by atoms with Crippen LogP contribution in [0.1, 0.15) is 11.9 Å². The molecule has 492 valence electrons. The van der Waals surface area contributed by atoms with E-state index in [1.165, 1.54) is 21.5 Å². The molecule has 10 aliphatic heterocycles. The van der Waals surface area contributed by atoms with Crippen molar-refractivity contribution in [3.8, 4) is 113 Å². The molecule has 15 aromatic carbocycles. The van der Waals surface area contributed by atoms with Crippen LogP contribution in [0, 0.1) is 0 Å². The Morgan fingerprint density at radius 3 is 0.869 bits per heavy atom. The van der Waals surface area contributed by atoms with Gasteiger partial charge in [0.25, 0.3) is 6.29 Å². The van der Waals surface area contributed by atoms with Crippen LogP contribution in [0.15, 0.2) is 297 Å². The van der Waals surface area contributed by atoms with Gasteiger partial charge in [-0.1, -0.05) is 182 Å². The molecule has 12 nitrogen and oxygen atoms in total. The molecule has 0 spiro atoms. The molecule has 17 aromatic rings. The molecular weight excluding hydrogens is 1320 g/mol. The highest BCUT2D eigenvalue weighted by Gasteiger charge is 2.62. The summed E-state index contributed by atoms with van der Waals surface area (Å²) in [6, 6.07) is 107. The van der Waals surface area contributed by atoms with Crippen LogP contribution in [0.2, 0.25) is 0 Å². The minimum absolute atomic E-state index is 0.674. The minimum Gasteiger partial charge on any atom is -0.537 e. The number of ether oxygens (including phenoxy) is 2. The summed E-state index contributed by atoms with van der Waals surface area (Å²) >= 11 is 0. The molecule has 0 amide bonds. The Bertz CT molecular complexity index is 6480. The lowest BCUT2D eigenvalue weighted by Gasteiger charge is -2.52. The van der Waals surface area contributed by atoms with E-state index in [-0.39, 0.29) is 0 Å². The SMILES string of the molecule is c1ccc(N2B3Oc4cc(-n5c6ccccc6c6ccccc65)cc5c4-c4c3c(c3c6c4B(O5)N(c4ccccc4)c4cc5c7c(c4-6)C(O3)Oc3c4c6c8c(c3-7)B(Oc3cc(-n7c9ccccc9c9ccccc97)cc(c3-8)OB6N(c3ccccc3)c3ccccc3-4)N5c3ccccc3)-c3ccccc32)cc1. The largest absolute Gasteiger partial charge is 0.537 e. The lowest BCUT2D eigenvalue weighted by molar-refractivity contribution is 0.00109. The number of rotatable bonds is 6. The lowest BCUT2D eigenvalue weighted by atomic mass is 9.49. The van der Waals surface area contributed by atoms with Gasteiger partial charge in [0, 0.05) is 158 Å². The van der Waals surface area contributed by atoms with Crippen molar-refractivity contribution in [2.24, 2.45) is 0 Å². The Morgan fingerprint density at radius 2 is 0.523 bits per heavy atom. The van der Waals surface area contributed by atoms with Crippen molar-refractivity contribution in [2.75, 3.05) is 19.2 Å². The summed E-state index contributed by atoms with van der Waals surface area (Å²) in [6.07, 6.45) is -0.989. The number of hydrogen-bond donors (Lipinski definition) is 0. The molecule has 0 unspecified atom stereocenters. The quantitative estimate of drug-likeness (QED) is 0.150. The summed E-state index contributed by atoms with van der Waals surface area (Å²) in [5.74, 6) is 4.34. The van der Waals surface area contributed by atoms with E-state index in [1.807, 2.05) is 0 Å². The van der Waals surface area contributed by atoms with E-state index in [0.717, 1.165) is 208 Å². The van der Waals surface area contributed by atoms with Gasteiger partial charge in [0.2, 0.25) is 0 Å². The molecule has 0 radical (unpaired) electrons. The maximum atomic E-state index is 8.25. The van der Waals surface area contributed by atoms with Gasteiger partial charge in [-0.05, 0) is 102 Å². The molecule has 0 saturated carbocycles. The fraction of sp³-hybridized carbons (Fsp3) is 0.0110. The Balaban J connectivity index is 0.792. The maximum Gasteiger partial charge on any atom is 0.525 e. The van der Waals surface area contributed by atoms with Crippen molar-refractivity contribution in [3.63, 3.8) is 0 Å². The number of anilines is 8. The maximum absolute atomic E-state index is 8.25. The van der Waals surface area contributed by atoms with Gasteiger partial charge in [-0.2, -0.15) is 0 Å². The fourth-order valence-electron chi connectivity index (χ4n) is 20.4. The molecule has 27 rings (SSSR count). The van der Waals surface area contributed by atoms with E-state index >= 15 is 0 Å². The smallest absolute Gasteiger partial charge is 0.525 e. The first kappa shape index (κ1) is 55.7. The predicted octanol–water partition coefficient (Wildman–Crippen LogP) is 18.6. The Hall–Kier alpha value is -13.8. The average molecular weight is 1370 g/mol. The van der Waals surface area contributed by atoms with Crippen LogP contribution in [0.5, 0.6) is 34.5 Å². The monoisotopic (exact) mass is 1370 g/mol. The minimum atomic E-state index is -0.989. The predicted molar refractivity (Wildman–Crippen MR) is 430 cm³/mol. The molecule has 0 atom stereocenters.